The molecule has 0 spiro atoms. The number of aromatic hydroxyl groups is 3. The number of amides is 2. The van der Waals surface area contributed by atoms with Gasteiger partial charge in [-0.1, -0.05) is 0 Å². The van der Waals surface area contributed by atoms with Crippen LogP contribution in [0.3, 0.4) is 0 Å². The number of hydrogen-bond acceptors (Lipinski definition) is 7. The minimum absolute atomic E-state index is 0.296. The predicted molar refractivity (Wildman–Crippen MR) is 64.1 cm³/mol. The number of benzene rings is 1. The maximum atomic E-state index is 11.6. The van der Waals surface area contributed by atoms with Gasteiger partial charge in [-0.15, -0.1) is 0 Å². The monoisotopic (exact) mass is 284 g/mol. The Morgan fingerprint density at radius 1 is 1.15 bits per heavy atom. The summed E-state index contributed by atoms with van der Waals surface area (Å²) in [5.41, 5.74) is 4.82. The van der Waals surface area contributed by atoms with E-state index in [4.69, 9.17) is 15.9 Å². The maximum absolute atomic E-state index is 11.6. The van der Waals surface area contributed by atoms with Crippen molar-refractivity contribution in [3.05, 3.63) is 17.7 Å². The van der Waals surface area contributed by atoms with Crippen LogP contribution in [0.2, 0.25) is 0 Å². The Bertz CT molecular complexity index is 547. The van der Waals surface area contributed by atoms with Gasteiger partial charge in [0.25, 0.3) is 5.91 Å². The van der Waals surface area contributed by atoms with Crippen LogP contribution in [-0.2, 0) is 9.59 Å². The third kappa shape index (κ3) is 3.59. The second-order valence-electron chi connectivity index (χ2n) is 3.89. The lowest BCUT2D eigenvalue weighted by atomic mass is 10.1. The van der Waals surface area contributed by atoms with Crippen LogP contribution >= 0.6 is 0 Å². The lowest BCUT2D eigenvalue weighted by molar-refractivity contribution is -0.140. The molecule has 1 aromatic carbocycles. The highest BCUT2D eigenvalue weighted by molar-refractivity contribution is 6.06. The molecule has 20 heavy (non-hydrogen) atoms. The third-order valence-electron chi connectivity index (χ3n) is 2.31. The Labute approximate surface area is 112 Å². The van der Waals surface area contributed by atoms with Gasteiger partial charge in [0.1, 0.15) is 6.04 Å². The van der Waals surface area contributed by atoms with Gasteiger partial charge in [0.15, 0.2) is 17.2 Å². The van der Waals surface area contributed by atoms with Crippen molar-refractivity contribution in [2.24, 2.45) is 5.73 Å². The number of imide groups is 1. The van der Waals surface area contributed by atoms with Crippen LogP contribution in [0.1, 0.15) is 16.8 Å². The number of aliphatic carboxylic acids is 1. The molecule has 1 unspecified atom stereocenters. The molecule has 1 rings (SSSR count). The molecular formula is C11H12N2O7. The Morgan fingerprint density at radius 2 is 1.65 bits per heavy atom. The molecule has 0 aliphatic heterocycles. The number of carboxylic acids is 1. The molecule has 0 aromatic heterocycles. The van der Waals surface area contributed by atoms with E-state index in [1.165, 1.54) is 0 Å². The largest absolute Gasteiger partial charge is 0.504 e. The molecule has 2 amide bonds. The molecule has 0 aliphatic carbocycles. The minimum Gasteiger partial charge on any atom is -0.504 e. The van der Waals surface area contributed by atoms with E-state index in [1.807, 2.05) is 5.32 Å². The Kier molecular flexibility index (Phi) is 4.49. The van der Waals surface area contributed by atoms with E-state index in [-0.39, 0.29) is 5.56 Å². The SMILES string of the molecule is NC(CC(=O)NC(=O)c1cc(O)c(O)c(O)c1)C(=O)O. The second kappa shape index (κ2) is 5.89. The lowest BCUT2D eigenvalue weighted by Gasteiger charge is -2.08. The second-order valence-corrected chi connectivity index (χ2v) is 3.89. The van der Waals surface area contributed by atoms with Crippen LogP contribution in [0.25, 0.3) is 0 Å². The zero-order chi connectivity index (χ0) is 15.4. The summed E-state index contributed by atoms with van der Waals surface area (Å²) in [6.45, 7) is 0. The van der Waals surface area contributed by atoms with Crippen LogP contribution in [0.5, 0.6) is 17.2 Å². The zero-order valence-corrected chi connectivity index (χ0v) is 10.0. The molecule has 0 bridgehead atoms. The molecular weight excluding hydrogens is 272 g/mol. The van der Waals surface area contributed by atoms with Crippen LogP contribution in [0, 0.1) is 0 Å². The van der Waals surface area contributed by atoms with E-state index in [0.717, 1.165) is 12.1 Å². The zero-order valence-electron chi connectivity index (χ0n) is 10.0. The summed E-state index contributed by atoms with van der Waals surface area (Å²) in [7, 11) is 0. The Hall–Kier alpha value is -2.81. The summed E-state index contributed by atoms with van der Waals surface area (Å²) in [5, 5.41) is 37.8. The number of nitrogens with two attached hydrogens (primary N) is 1. The first-order valence-electron chi connectivity index (χ1n) is 5.30. The van der Waals surface area contributed by atoms with Gasteiger partial charge in [-0.2, -0.15) is 0 Å². The van der Waals surface area contributed by atoms with Crippen molar-refractivity contribution in [3.63, 3.8) is 0 Å². The smallest absolute Gasteiger partial charge is 0.321 e. The lowest BCUT2D eigenvalue weighted by Crippen LogP contribution is -2.39. The topological polar surface area (TPSA) is 170 Å². The predicted octanol–water partition coefficient (Wildman–Crippen LogP) is -1.14. The molecule has 0 heterocycles. The van der Waals surface area contributed by atoms with Gasteiger partial charge in [0.05, 0.1) is 6.42 Å². The summed E-state index contributed by atoms with van der Waals surface area (Å²) in [6, 6.07) is 0.202. The van der Waals surface area contributed by atoms with Crippen molar-refractivity contribution in [2.75, 3.05) is 0 Å². The molecule has 1 atom stereocenters. The number of nitrogens with one attached hydrogen (secondary N) is 1. The van der Waals surface area contributed by atoms with E-state index < -0.39 is 47.5 Å². The van der Waals surface area contributed by atoms with Crippen molar-refractivity contribution in [2.45, 2.75) is 12.5 Å². The first-order chi connectivity index (χ1) is 9.22. The molecule has 108 valence electrons. The third-order valence-corrected chi connectivity index (χ3v) is 2.31. The van der Waals surface area contributed by atoms with Crippen LogP contribution in [0.15, 0.2) is 12.1 Å². The van der Waals surface area contributed by atoms with Gasteiger partial charge >= 0.3 is 5.97 Å². The fourth-order valence-electron chi connectivity index (χ4n) is 1.27. The first kappa shape index (κ1) is 15.2. The first-order valence-corrected chi connectivity index (χ1v) is 5.30. The standard InChI is InChI=1S/C11H12N2O7/c12-5(11(19)20)3-8(16)13-10(18)4-1-6(14)9(17)7(15)2-4/h1-2,5,14-15,17H,3,12H2,(H,19,20)(H,13,16,18). The van der Waals surface area contributed by atoms with Gasteiger partial charge in [-0.05, 0) is 12.1 Å². The van der Waals surface area contributed by atoms with Crippen LogP contribution in [0.4, 0.5) is 0 Å². The van der Waals surface area contributed by atoms with E-state index >= 15 is 0 Å². The van der Waals surface area contributed by atoms with Crippen molar-refractivity contribution in [1.29, 1.82) is 0 Å². The van der Waals surface area contributed by atoms with Crippen LogP contribution in [-0.4, -0.2) is 44.3 Å². The average Bonchev–Trinajstić information content (AvgIpc) is 2.34. The number of carbonyl (C=O) groups is 3. The molecule has 0 fully saturated rings. The number of rotatable bonds is 4. The summed E-state index contributed by atoms with van der Waals surface area (Å²) in [6.07, 6.45) is -0.614. The van der Waals surface area contributed by atoms with E-state index in [0.29, 0.717) is 0 Å². The normalized spacial score (nSPS) is 11.7. The summed E-state index contributed by atoms with van der Waals surface area (Å²) < 4.78 is 0. The van der Waals surface area contributed by atoms with E-state index in [9.17, 15) is 24.6 Å². The molecule has 0 radical (unpaired) electrons. The number of phenols is 3. The highest BCUT2D eigenvalue weighted by atomic mass is 16.4. The summed E-state index contributed by atoms with van der Waals surface area (Å²) in [4.78, 5) is 33.4. The highest BCUT2D eigenvalue weighted by Gasteiger charge is 2.20. The highest BCUT2D eigenvalue weighted by Crippen LogP contribution is 2.35. The van der Waals surface area contributed by atoms with Gasteiger partial charge in [-0.25, -0.2) is 0 Å². The molecule has 9 nitrogen and oxygen atoms in total. The van der Waals surface area contributed by atoms with Crippen LogP contribution < -0.4 is 11.1 Å². The number of phenolic OH excluding ortho intramolecular Hbond substituents is 3. The number of carbonyl (C=O) groups excluding carboxylic acids is 2. The van der Waals surface area contributed by atoms with E-state index in [1.54, 1.807) is 0 Å². The van der Waals surface area contributed by atoms with Gasteiger partial charge < -0.3 is 26.2 Å². The van der Waals surface area contributed by atoms with Crippen molar-refractivity contribution in [1.82, 2.24) is 5.32 Å². The molecule has 9 heteroatoms. The molecule has 0 saturated carbocycles. The van der Waals surface area contributed by atoms with Crippen molar-refractivity contribution >= 4 is 17.8 Å². The number of hydrogen-bond donors (Lipinski definition) is 6. The molecule has 7 N–H and O–H groups in total. The van der Waals surface area contributed by atoms with Crippen molar-refractivity contribution < 1.29 is 34.8 Å². The Balaban J connectivity index is 2.77. The Morgan fingerprint density at radius 3 is 2.10 bits per heavy atom. The molecule has 0 saturated heterocycles. The quantitative estimate of drug-likeness (QED) is 0.377. The minimum atomic E-state index is -1.45. The van der Waals surface area contributed by atoms with Crippen molar-refractivity contribution in [3.8, 4) is 17.2 Å². The van der Waals surface area contributed by atoms with Gasteiger partial charge in [0, 0.05) is 5.56 Å². The summed E-state index contributed by atoms with van der Waals surface area (Å²) in [5.74, 6) is -5.61. The fourth-order valence-corrected chi connectivity index (χ4v) is 1.27. The summed E-state index contributed by atoms with van der Waals surface area (Å²) >= 11 is 0. The molecule has 0 aliphatic rings. The average molecular weight is 284 g/mol. The van der Waals surface area contributed by atoms with Gasteiger partial charge in [0.2, 0.25) is 5.91 Å². The van der Waals surface area contributed by atoms with E-state index in [2.05, 4.69) is 0 Å². The molecule has 1 aromatic rings. The fraction of sp³-hybridized carbons (Fsp3) is 0.182. The maximum Gasteiger partial charge on any atom is 0.321 e. The van der Waals surface area contributed by atoms with Gasteiger partial charge in [-0.3, -0.25) is 19.7 Å². The number of carboxylic acid groups (broad SMARTS) is 1.